The lowest BCUT2D eigenvalue weighted by Gasteiger charge is -2.49. The molecule has 8 N–H and O–H groups in total. The first-order chi connectivity index (χ1) is 23.3. The number of thiazole rings is 2. The number of aliphatic carboxylic acids is 3. The van der Waals surface area contributed by atoms with Gasteiger partial charge in [0.05, 0.1) is 12.1 Å². The lowest BCUT2D eigenvalue weighted by molar-refractivity contribution is -0.153. The van der Waals surface area contributed by atoms with Crippen LogP contribution in [0.2, 0.25) is 0 Å². The predicted octanol–water partition coefficient (Wildman–Crippen LogP) is 1.76. The quantitative estimate of drug-likeness (QED) is 0.0431. The Morgan fingerprint density at radius 3 is 2.51 bits per heavy atom. The van der Waals surface area contributed by atoms with Crippen LogP contribution in [-0.4, -0.2) is 104 Å². The van der Waals surface area contributed by atoms with Crippen molar-refractivity contribution >= 4 is 86.8 Å². The molecule has 6 rings (SSSR count). The number of nitrogen functional groups attached to an aromatic ring is 1. The van der Waals surface area contributed by atoms with Gasteiger partial charge in [0.15, 0.2) is 26.7 Å². The number of benzene rings is 1. The first-order valence-corrected chi connectivity index (χ1v) is 17.8. The number of aromatic nitrogens is 2. The zero-order chi connectivity index (χ0) is 35.2. The fourth-order valence-electron chi connectivity index (χ4n) is 4.89. The fourth-order valence-corrected chi connectivity index (χ4v) is 9.12. The van der Waals surface area contributed by atoms with Gasteiger partial charge in [-0.05, 0) is 23.8 Å². The van der Waals surface area contributed by atoms with Crippen LogP contribution < -0.4 is 11.1 Å². The van der Waals surface area contributed by atoms with E-state index in [1.807, 2.05) is 0 Å². The lowest BCUT2D eigenvalue weighted by atomic mass is 10.0. The van der Waals surface area contributed by atoms with Gasteiger partial charge in [-0.3, -0.25) is 19.3 Å². The molecule has 3 aliphatic rings. The molecule has 1 saturated heterocycles. The third kappa shape index (κ3) is 6.73. The standard InChI is InChI=1S/C28H24N6O11S4/c29-26-30-12(9-47-26)18(33-45-28(3-4-28)25(43)44)21(39)31-19-22(40)34-20(24(41)42)11(7-46-23(19)34)8-48-27-32-17(15(49-27)6-16(37)38)10-1-2-13(35)14(36)5-10/h1-2,5,9,19,23,35-36H,3-4,6-8H2,(H2,29,30)(H,31,39)(H,37,38)(H,41,42)(H,43,44)/t19-,23+/m1/s1. The van der Waals surface area contributed by atoms with Crippen LogP contribution in [0.1, 0.15) is 23.4 Å². The summed E-state index contributed by atoms with van der Waals surface area (Å²) in [6, 6.07) is 2.84. The highest BCUT2D eigenvalue weighted by atomic mass is 32.2. The van der Waals surface area contributed by atoms with Gasteiger partial charge in [0.2, 0.25) is 5.60 Å². The average molecular weight is 749 g/mol. The van der Waals surface area contributed by atoms with E-state index in [0.29, 0.717) is 20.4 Å². The maximum absolute atomic E-state index is 13.3. The molecule has 2 atom stereocenters. The Balaban J connectivity index is 1.18. The number of anilines is 1. The molecular formula is C28H24N6O11S4. The van der Waals surface area contributed by atoms with Gasteiger partial charge in [-0.25, -0.2) is 19.6 Å². The molecule has 2 amide bonds. The monoisotopic (exact) mass is 748 g/mol. The second kappa shape index (κ2) is 13.2. The molecule has 1 aromatic carbocycles. The molecule has 0 radical (unpaired) electrons. The number of carboxylic acid groups (broad SMARTS) is 3. The van der Waals surface area contributed by atoms with Gasteiger partial charge < -0.3 is 41.4 Å². The van der Waals surface area contributed by atoms with E-state index in [9.17, 15) is 49.5 Å². The number of fused-ring (bicyclic) bond motifs is 1. The number of amides is 2. The molecule has 0 spiro atoms. The Morgan fingerprint density at radius 1 is 1.14 bits per heavy atom. The van der Waals surface area contributed by atoms with E-state index in [4.69, 9.17) is 10.6 Å². The minimum Gasteiger partial charge on any atom is -0.504 e. The number of oxime groups is 1. The third-order valence-corrected chi connectivity index (χ3v) is 11.8. The number of aromatic hydroxyl groups is 2. The number of hydrogen-bond donors (Lipinski definition) is 7. The summed E-state index contributed by atoms with van der Waals surface area (Å²) < 4.78 is 0.413. The summed E-state index contributed by atoms with van der Waals surface area (Å²) >= 11 is 4.45. The van der Waals surface area contributed by atoms with Gasteiger partial charge in [-0.1, -0.05) is 16.9 Å². The summed E-state index contributed by atoms with van der Waals surface area (Å²) in [5.74, 6) is -5.80. The van der Waals surface area contributed by atoms with Crippen LogP contribution >= 0.6 is 46.2 Å². The zero-order valence-electron chi connectivity index (χ0n) is 24.7. The SMILES string of the molecule is Nc1nc(C(=NOC2(C(=O)O)CC2)C(=O)N[C@@H]2C(=O)N3C(C(=O)O)=C(CSc4nc(-c5ccc(O)c(O)c5)c(CC(=O)O)s4)CS[C@@H]23)cs1. The second-order valence-electron chi connectivity index (χ2n) is 10.8. The van der Waals surface area contributed by atoms with Gasteiger partial charge in [0, 0.05) is 40.2 Å². The van der Waals surface area contributed by atoms with E-state index in [-0.39, 0.29) is 58.7 Å². The first-order valence-electron chi connectivity index (χ1n) is 14.1. The van der Waals surface area contributed by atoms with Crippen molar-refractivity contribution in [2.45, 2.75) is 40.6 Å². The molecule has 256 valence electrons. The van der Waals surface area contributed by atoms with Crippen LogP contribution in [0.3, 0.4) is 0 Å². The zero-order valence-corrected chi connectivity index (χ0v) is 28.0. The van der Waals surface area contributed by atoms with Crippen LogP contribution in [0.15, 0.2) is 44.3 Å². The van der Waals surface area contributed by atoms with E-state index in [1.54, 1.807) is 0 Å². The first kappa shape index (κ1) is 34.0. The molecule has 2 aliphatic heterocycles. The number of nitrogens with one attached hydrogen (secondary N) is 1. The van der Waals surface area contributed by atoms with Crippen LogP contribution in [0.5, 0.6) is 11.5 Å². The van der Waals surface area contributed by atoms with Crippen molar-refractivity contribution in [2.24, 2.45) is 5.16 Å². The topological polar surface area (TPSA) is 275 Å². The minimum absolute atomic E-state index is 0.00520. The van der Waals surface area contributed by atoms with Crippen LogP contribution in [0, 0.1) is 0 Å². The van der Waals surface area contributed by atoms with Crippen LogP contribution in [0.25, 0.3) is 11.3 Å². The highest BCUT2D eigenvalue weighted by molar-refractivity contribution is 8.01. The molecule has 4 heterocycles. The number of thioether (sulfide) groups is 2. The number of β-lactam (4-membered cyclic amide) rings is 1. The molecule has 17 nitrogen and oxygen atoms in total. The van der Waals surface area contributed by atoms with Crippen molar-refractivity contribution in [3.8, 4) is 22.8 Å². The molecule has 3 aromatic rings. The number of carbonyl (C=O) groups is 5. The Bertz CT molecular complexity index is 1970. The number of phenols is 2. The molecule has 2 aromatic heterocycles. The van der Waals surface area contributed by atoms with E-state index in [0.717, 1.165) is 39.3 Å². The lowest BCUT2D eigenvalue weighted by Crippen LogP contribution is -2.71. The van der Waals surface area contributed by atoms with E-state index in [2.05, 4.69) is 20.4 Å². The minimum atomic E-state index is -1.56. The number of hydrogen-bond acceptors (Lipinski definition) is 16. The highest BCUT2D eigenvalue weighted by Crippen LogP contribution is 2.43. The maximum atomic E-state index is 13.3. The van der Waals surface area contributed by atoms with Gasteiger partial charge in [-0.15, -0.1) is 34.4 Å². The summed E-state index contributed by atoms with van der Waals surface area (Å²) in [5, 5.41) is 55.6. The summed E-state index contributed by atoms with van der Waals surface area (Å²) in [6.45, 7) is 0. The smallest absolute Gasteiger partial charge is 0.352 e. The number of nitrogens with two attached hydrogens (primary N) is 1. The maximum Gasteiger partial charge on any atom is 0.352 e. The molecule has 49 heavy (non-hydrogen) atoms. The highest BCUT2D eigenvalue weighted by Gasteiger charge is 2.56. The molecular weight excluding hydrogens is 725 g/mol. The van der Waals surface area contributed by atoms with E-state index >= 15 is 0 Å². The van der Waals surface area contributed by atoms with Crippen molar-refractivity contribution in [1.82, 2.24) is 20.2 Å². The molecule has 21 heteroatoms. The normalized spacial score (nSPS) is 19.6. The second-order valence-corrected chi connectivity index (χ2v) is 15.1. The van der Waals surface area contributed by atoms with E-state index in [1.165, 1.54) is 35.3 Å². The van der Waals surface area contributed by atoms with Crippen LogP contribution in [-0.2, 0) is 35.2 Å². The Labute approximate surface area is 291 Å². The summed E-state index contributed by atoms with van der Waals surface area (Å²) in [7, 11) is 0. The fraction of sp³-hybridized carbons (Fsp3) is 0.286. The number of phenolic OH excluding ortho intramolecular Hbond substituents is 2. The number of nitrogens with zero attached hydrogens (tertiary/aromatic N) is 4. The van der Waals surface area contributed by atoms with Crippen molar-refractivity contribution < 1.29 is 54.3 Å². The molecule has 0 bridgehead atoms. The van der Waals surface area contributed by atoms with Gasteiger partial charge in [0.1, 0.15) is 22.8 Å². The third-order valence-electron chi connectivity index (χ3n) is 7.53. The summed E-state index contributed by atoms with van der Waals surface area (Å²) in [5.41, 5.74) is 4.57. The number of carboxylic acids is 3. The molecule has 1 saturated carbocycles. The average Bonchev–Trinajstić information content (AvgIpc) is 3.57. The van der Waals surface area contributed by atoms with Crippen LogP contribution in [0.4, 0.5) is 5.13 Å². The van der Waals surface area contributed by atoms with Crippen molar-refractivity contribution in [3.63, 3.8) is 0 Å². The van der Waals surface area contributed by atoms with Crippen molar-refractivity contribution in [3.05, 3.63) is 45.4 Å². The molecule has 0 unspecified atom stereocenters. The largest absolute Gasteiger partial charge is 0.504 e. The van der Waals surface area contributed by atoms with Crippen molar-refractivity contribution in [2.75, 3.05) is 17.2 Å². The summed E-state index contributed by atoms with van der Waals surface area (Å²) in [4.78, 5) is 77.3. The number of rotatable bonds is 13. The van der Waals surface area contributed by atoms with Gasteiger partial charge >= 0.3 is 17.9 Å². The number of carbonyl (C=O) groups excluding carboxylic acids is 2. The van der Waals surface area contributed by atoms with Gasteiger partial charge in [0.25, 0.3) is 11.8 Å². The molecule has 2 fully saturated rings. The van der Waals surface area contributed by atoms with E-state index < -0.39 is 58.2 Å². The molecule has 1 aliphatic carbocycles. The van der Waals surface area contributed by atoms with Crippen molar-refractivity contribution in [1.29, 1.82) is 0 Å². The van der Waals surface area contributed by atoms with Gasteiger partial charge in [-0.2, -0.15) is 0 Å². The Hall–Kier alpha value is -4.86. The Morgan fingerprint density at radius 2 is 1.90 bits per heavy atom. The predicted molar refractivity (Wildman–Crippen MR) is 176 cm³/mol. The summed E-state index contributed by atoms with van der Waals surface area (Å²) in [6.07, 6.45) is 0.0195. The Kier molecular flexibility index (Phi) is 9.17.